The van der Waals surface area contributed by atoms with E-state index in [4.69, 9.17) is 18.0 Å². The predicted octanol–water partition coefficient (Wildman–Crippen LogP) is 2.45. The molecule has 3 N–H and O–H groups in total. The minimum atomic E-state index is -0.257. The van der Waals surface area contributed by atoms with Crippen molar-refractivity contribution in [1.82, 2.24) is 5.32 Å². The standard InChI is InChI=1S/C16H25N3OS/c1-5-13(6-2)18-16(20)11(3)19(4)14-9-7-8-12(10-14)15(17)21/h7-11,13H,5-6H2,1-4H3,(H2,17,21)(H,18,20). The van der Waals surface area contributed by atoms with Crippen molar-refractivity contribution in [2.75, 3.05) is 11.9 Å². The Hall–Kier alpha value is -1.62. The summed E-state index contributed by atoms with van der Waals surface area (Å²) in [6.45, 7) is 6.05. The molecule has 0 saturated carbocycles. The quantitative estimate of drug-likeness (QED) is 0.760. The van der Waals surface area contributed by atoms with Gasteiger partial charge in [0.2, 0.25) is 5.91 Å². The van der Waals surface area contributed by atoms with E-state index in [1.54, 1.807) is 0 Å². The first-order chi connectivity index (χ1) is 9.90. The van der Waals surface area contributed by atoms with Crippen LogP contribution in [0.2, 0.25) is 0 Å². The maximum absolute atomic E-state index is 12.3. The highest BCUT2D eigenvalue weighted by Gasteiger charge is 2.20. The molecule has 1 aromatic carbocycles. The van der Waals surface area contributed by atoms with Gasteiger partial charge in [-0.15, -0.1) is 0 Å². The van der Waals surface area contributed by atoms with Gasteiger partial charge in [0, 0.05) is 24.3 Å². The van der Waals surface area contributed by atoms with E-state index in [1.807, 2.05) is 43.1 Å². The number of amides is 1. The molecular weight excluding hydrogens is 282 g/mol. The van der Waals surface area contributed by atoms with E-state index < -0.39 is 0 Å². The van der Waals surface area contributed by atoms with Crippen molar-refractivity contribution in [1.29, 1.82) is 0 Å². The zero-order valence-electron chi connectivity index (χ0n) is 13.2. The molecule has 116 valence electrons. The summed E-state index contributed by atoms with van der Waals surface area (Å²) >= 11 is 4.99. The number of likely N-dealkylation sites (N-methyl/N-ethyl adjacent to an activating group) is 1. The highest BCUT2D eigenvalue weighted by Crippen LogP contribution is 2.17. The fourth-order valence-corrected chi connectivity index (χ4v) is 2.22. The molecule has 0 fully saturated rings. The number of nitrogens with two attached hydrogens (primary N) is 1. The first-order valence-electron chi connectivity index (χ1n) is 7.33. The number of anilines is 1. The SMILES string of the molecule is CCC(CC)NC(=O)C(C)N(C)c1cccc(C(N)=S)c1. The largest absolute Gasteiger partial charge is 0.389 e. The number of carbonyl (C=O) groups excluding carboxylic acids is 1. The topological polar surface area (TPSA) is 58.4 Å². The summed E-state index contributed by atoms with van der Waals surface area (Å²) in [7, 11) is 1.90. The summed E-state index contributed by atoms with van der Waals surface area (Å²) in [4.78, 5) is 14.6. The van der Waals surface area contributed by atoms with Crippen molar-refractivity contribution in [3.8, 4) is 0 Å². The van der Waals surface area contributed by atoms with Crippen LogP contribution in [0.5, 0.6) is 0 Å². The van der Waals surface area contributed by atoms with Gasteiger partial charge in [-0.1, -0.05) is 38.2 Å². The van der Waals surface area contributed by atoms with Crippen LogP contribution < -0.4 is 16.0 Å². The van der Waals surface area contributed by atoms with Gasteiger partial charge in [0.1, 0.15) is 11.0 Å². The molecule has 0 bridgehead atoms. The average molecular weight is 307 g/mol. The molecule has 0 aliphatic rings. The molecule has 0 radical (unpaired) electrons. The monoisotopic (exact) mass is 307 g/mol. The van der Waals surface area contributed by atoms with Gasteiger partial charge in [-0.2, -0.15) is 0 Å². The lowest BCUT2D eigenvalue weighted by Gasteiger charge is -2.28. The van der Waals surface area contributed by atoms with E-state index in [9.17, 15) is 4.79 Å². The van der Waals surface area contributed by atoms with Crippen molar-refractivity contribution < 1.29 is 4.79 Å². The van der Waals surface area contributed by atoms with E-state index in [-0.39, 0.29) is 18.0 Å². The summed E-state index contributed by atoms with van der Waals surface area (Å²) < 4.78 is 0. The molecule has 0 saturated heterocycles. The molecule has 0 aliphatic heterocycles. The summed E-state index contributed by atoms with van der Waals surface area (Å²) in [5, 5.41) is 3.07. The Morgan fingerprint density at radius 3 is 2.52 bits per heavy atom. The second-order valence-electron chi connectivity index (χ2n) is 5.22. The van der Waals surface area contributed by atoms with Crippen LogP contribution in [0.15, 0.2) is 24.3 Å². The minimum absolute atomic E-state index is 0.0342. The zero-order chi connectivity index (χ0) is 16.0. The van der Waals surface area contributed by atoms with E-state index >= 15 is 0 Å². The molecule has 1 atom stereocenters. The van der Waals surface area contributed by atoms with E-state index in [2.05, 4.69) is 19.2 Å². The molecule has 1 rings (SSSR count). The number of thiocarbonyl (C=S) groups is 1. The highest BCUT2D eigenvalue weighted by atomic mass is 32.1. The maximum Gasteiger partial charge on any atom is 0.242 e. The lowest BCUT2D eigenvalue weighted by atomic mass is 10.1. The number of nitrogens with one attached hydrogen (secondary N) is 1. The molecule has 0 aliphatic carbocycles. The molecule has 4 nitrogen and oxygen atoms in total. The molecule has 0 heterocycles. The summed E-state index contributed by atoms with van der Waals surface area (Å²) in [5.41, 5.74) is 7.39. The molecule has 0 aromatic heterocycles. The van der Waals surface area contributed by atoms with Crippen LogP contribution in [-0.2, 0) is 4.79 Å². The van der Waals surface area contributed by atoms with Gasteiger partial charge in [-0.25, -0.2) is 0 Å². The van der Waals surface area contributed by atoms with Crippen LogP contribution in [0.4, 0.5) is 5.69 Å². The fourth-order valence-electron chi connectivity index (χ4n) is 2.09. The Labute approximate surface area is 132 Å². The van der Waals surface area contributed by atoms with Crippen molar-refractivity contribution in [2.24, 2.45) is 5.73 Å². The van der Waals surface area contributed by atoms with Gasteiger partial charge in [0.15, 0.2) is 0 Å². The third-order valence-corrected chi connectivity index (χ3v) is 4.07. The highest BCUT2D eigenvalue weighted by molar-refractivity contribution is 7.80. The van der Waals surface area contributed by atoms with Crippen LogP contribution in [0.25, 0.3) is 0 Å². The maximum atomic E-state index is 12.3. The lowest BCUT2D eigenvalue weighted by molar-refractivity contribution is -0.122. The number of carbonyl (C=O) groups is 1. The van der Waals surface area contributed by atoms with Gasteiger partial charge in [0.25, 0.3) is 0 Å². The van der Waals surface area contributed by atoms with Crippen LogP contribution in [0.1, 0.15) is 39.2 Å². The third kappa shape index (κ3) is 4.70. The predicted molar refractivity (Wildman–Crippen MR) is 92.7 cm³/mol. The average Bonchev–Trinajstić information content (AvgIpc) is 2.50. The van der Waals surface area contributed by atoms with Crippen molar-refractivity contribution in [3.63, 3.8) is 0 Å². The fraction of sp³-hybridized carbons (Fsp3) is 0.500. The van der Waals surface area contributed by atoms with Crippen LogP contribution in [0.3, 0.4) is 0 Å². The van der Waals surface area contributed by atoms with Gasteiger partial charge in [-0.05, 0) is 31.9 Å². The van der Waals surface area contributed by atoms with Gasteiger partial charge < -0.3 is 16.0 Å². The molecule has 1 aromatic rings. The Balaban J connectivity index is 2.82. The van der Waals surface area contributed by atoms with Crippen molar-refractivity contribution in [3.05, 3.63) is 29.8 Å². The Morgan fingerprint density at radius 2 is 2.00 bits per heavy atom. The van der Waals surface area contributed by atoms with Crippen LogP contribution in [0, 0.1) is 0 Å². The van der Waals surface area contributed by atoms with Gasteiger partial charge >= 0.3 is 0 Å². The van der Waals surface area contributed by atoms with E-state index in [0.717, 1.165) is 24.1 Å². The molecule has 1 unspecified atom stereocenters. The van der Waals surface area contributed by atoms with Crippen LogP contribution in [-0.4, -0.2) is 30.0 Å². The molecule has 1 amide bonds. The number of benzene rings is 1. The first-order valence-corrected chi connectivity index (χ1v) is 7.74. The van der Waals surface area contributed by atoms with Crippen molar-refractivity contribution in [2.45, 2.75) is 45.7 Å². The smallest absolute Gasteiger partial charge is 0.242 e. The summed E-state index contributed by atoms with van der Waals surface area (Å²) in [6, 6.07) is 7.59. The van der Waals surface area contributed by atoms with Crippen LogP contribution >= 0.6 is 12.2 Å². The zero-order valence-corrected chi connectivity index (χ0v) is 14.0. The summed E-state index contributed by atoms with van der Waals surface area (Å²) in [6.07, 6.45) is 1.88. The summed E-state index contributed by atoms with van der Waals surface area (Å²) in [5.74, 6) is 0.0342. The third-order valence-electron chi connectivity index (χ3n) is 3.83. The molecule has 21 heavy (non-hydrogen) atoms. The normalized spacial score (nSPS) is 12.0. The van der Waals surface area contributed by atoms with E-state index in [1.165, 1.54) is 0 Å². The van der Waals surface area contributed by atoms with Gasteiger partial charge in [-0.3, -0.25) is 4.79 Å². The first kappa shape index (κ1) is 17.4. The second kappa shape index (κ2) is 7.98. The van der Waals surface area contributed by atoms with E-state index in [0.29, 0.717) is 4.99 Å². The van der Waals surface area contributed by atoms with Crippen molar-refractivity contribution >= 4 is 28.8 Å². The second-order valence-corrected chi connectivity index (χ2v) is 5.66. The van der Waals surface area contributed by atoms with Gasteiger partial charge in [0.05, 0.1) is 0 Å². The molecular formula is C16H25N3OS. The minimum Gasteiger partial charge on any atom is -0.389 e. The number of nitrogens with zero attached hydrogens (tertiary/aromatic N) is 1. The Bertz CT molecular complexity index is 500. The number of hydrogen-bond donors (Lipinski definition) is 2. The number of hydrogen-bond acceptors (Lipinski definition) is 3. The number of rotatable bonds is 7. The molecule has 0 spiro atoms. The Kier molecular flexibility index (Phi) is 6.62. The Morgan fingerprint density at radius 1 is 1.38 bits per heavy atom. The lowest BCUT2D eigenvalue weighted by Crippen LogP contribution is -2.46. The molecule has 5 heteroatoms.